The van der Waals surface area contributed by atoms with Crippen molar-refractivity contribution in [1.82, 2.24) is 0 Å². The summed E-state index contributed by atoms with van der Waals surface area (Å²) in [6.45, 7) is 2.16. The summed E-state index contributed by atoms with van der Waals surface area (Å²) in [7, 11) is 0. The Bertz CT molecular complexity index is 248. The Morgan fingerprint density at radius 1 is 1.20 bits per heavy atom. The van der Waals surface area contributed by atoms with Crippen molar-refractivity contribution in [2.45, 2.75) is 43.5 Å². The van der Waals surface area contributed by atoms with Crippen molar-refractivity contribution < 1.29 is 0 Å². The van der Waals surface area contributed by atoms with Gasteiger partial charge in [0.2, 0.25) is 0 Å². The molecule has 15 heavy (non-hydrogen) atoms. The Kier molecular flexibility index (Phi) is 6.53. The van der Waals surface area contributed by atoms with Gasteiger partial charge in [-0.2, -0.15) is 0 Å². The molecule has 84 valence electrons. The molecule has 0 radical (unpaired) electrons. The SMILES string of the molecule is CCC(N)CCCCSc1ccccc1. The highest BCUT2D eigenvalue weighted by Crippen LogP contribution is 2.18. The standard InChI is InChI=1S/C13H21NS/c1-2-12(14)8-6-7-11-15-13-9-4-3-5-10-13/h3-5,9-10,12H,2,6-8,11,14H2,1H3. The van der Waals surface area contributed by atoms with E-state index in [0.29, 0.717) is 6.04 Å². The highest BCUT2D eigenvalue weighted by molar-refractivity contribution is 7.99. The smallest absolute Gasteiger partial charge is 0.00719 e. The van der Waals surface area contributed by atoms with E-state index in [-0.39, 0.29) is 0 Å². The van der Waals surface area contributed by atoms with Gasteiger partial charge in [-0.1, -0.05) is 31.5 Å². The van der Waals surface area contributed by atoms with Crippen LogP contribution in [-0.4, -0.2) is 11.8 Å². The lowest BCUT2D eigenvalue weighted by molar-refractivity contribution is 0.564. The average molecular weight is 223 g/mol. The van der Waals surface area contributed by atoms with Gasteiger partial charge in [0, 0.05) is 10.9 Å². The fourth-order valence-electron chi connectivity index (χ4n) is 1.42. The molecule has 1 nitrogen and oxygen atoms in total. The van der Waals surface area contributed by atoms with Crippen LogP contribution in [0.2, 0.25) is 0 Å². The molecule has 1 aromatic carbocycles. The highest BCUT2D eigenvalue weighted by atomic mass is 32.2. The second-order valence-electron chi connectivity index (χ2n) is 3.83. The van der Waals surface area contributed by atoms with Crippen molar-refractivity contribution in [3.8, 4) is 0 Å². The van der Waals surface area contributed by atoms with Crippen LogP contribution in [0.15, 0.2) is 35.2 Å². The molecule has 0 fully saturated rings. The van der Waals surface area contributed by atoms with E-state index in [0.717, 1.165) is 6.42 Å². The third kappa shape index (κ3) is 5.85. The van der Waals surface area contributed by atoms with Crippen molar-refractivity contribution >= 4 is 11.8 Å². The third-order valence-electron chi connectivity index (χ3n) is 2.51. The van der Waals surface area contributed by atoms with Crippen LogP contribution in [-0.2, 0) is 0 Å². The maximum absolute atomic E-state index is 5.86. The van der Waals surface area contributed by atoms with E-state index >= 15 is 0 Å². The molecule has 0 saturated carbocycles. The number of thioether (sulfide) groups is 1. The number of rotatable bonds is 7. The lowest BCUT2D eigenvalue weighted by Gasteiger charge is -2.07. The Morgan fingerprint density at radius 2 is 1.93 bits per heavy atom. The minimum Gasteiger partial charge on any atom is -0.328 e. The molecule has 0 amide bonds. The van der Waals surface area contributed by atoms with Gasteiger partial charge in [0.15, 0.2) is 0 Å². The number of unbranched alkanes of at least 4 members (excludes halogenated alkanes) is 1. The second kappa shape index (κ2) is 7.77. The Balaban J connectivity index is 2.03. The van der Waals surface area contributed by atoms with Gasteiger partial charge in [-0.05, 0) is 37.1 Å². The molecule has 1 aromatic rings. The predicted octanol–water partition coefficient (Wildman–Crippen LogP) is 3.69. The van der Waals surface area contributed by atoms with Crippen molar-refractivity contribution in [3.05, 3.63) is 30.3 Å². The number of benzene rings is 1. The molecule has 0 aromatic heterocycles. The molecular formula is C13H21NS. The predicted molar refractivity (Wildman–Crippen MR) is 69.3 cm³/mol. The molecule has 1 unspecified atom stereocenters. The Labute approximate surface area is 97.4 Å². The minimum absolute atomic E-state index is 0.409. The van der Waals surface area contributed by atoms with E-state index in [4.69, 9.17) is 5.73 Å². The molecule has 0 aliphatic heterocycles. The average Bonchev–Trinajstić information content (AvgIpc) is 2.29. The van der Waals surface area contributed by atoms with Crippen molar-refractivity contribution in [2.75, 3.05) is 5.75 Å². The maximum Gasteiger partial charge on any atom is 0.00719 e. The topological polar surface area (TPSA) is 26.0 Å². The fraction of sp³-hybridized carbons (Fsp3) is 0.538. The molecule has 0 aliphatic carbocycles. The summed E-state index contributed by atoms with van der Waals surface area (Å²) in [5.74, 6) is 1.21. The van der Waals surface area contributed by atoms with E-state index in [2.05, 4.69) is 37.3 Å². The molecule has 0 aliphatic rings. The van der Waals surface area contributed by atoms with Crippen molar-refractivity contribution in [1.29, 1.82) is 0 Å². The first-order chi connectivity index (χ1) is 7.33. The van der Waals surface area contributed by atoms with Gasteiger partial charge in [-0.15, -0.1) is 11.8 Å². The summed E-state index contributed by atoms with van der Waals surface area (Å²) in [5.41, 5.74) is 5.86. The summed E-state index contributed by atoms with van der Waals surface area (Å²) in [6, 6.07) is 11.0. The van der Waals surface area contributed by atoms with Crippen LogP contribution < -0.4 is 5.73 Å². The summed E-state index contributed by atoms with van der Waals surface area (Å²) in [6.07, 6.45) is 4.81. The summed E-state index contributed by atoms with van der Waals surface area (Å²) < 4.78 is 0. The van der Waals surface area contributed by atoms with E-state index in [9.17, 15) is 0 Å². The van der Waals surface area contributed by atoms with Gasteiger partial charge in [0.1, 0.15) is 0 Å². The molecule has 0 spiro atoms. The van der Waals surface area contributed by atoms with Crippen molar-refractivity contribution in [2.24, 2.45) is 5.73 Å². The lowest BCUT2D eigenvalue weighted by atomic mass is 10.1. The fourth-order valence-corrected chi connectivity index (χ4v) is 2.35. The molecule has 2 heteroatoms. The zero-order chi connectivity index (χ0) is 10.9. The van der Waals surface area contributed by atoms with Gasteiger partial charge in [0.25, 0.3) is 0 Å². The van der Waals surface area contributed by atoms with Gasteiger partial charge in [0.05, 0.1) is 0 Å². The normalized spacial score (nSPS) is 12.7. The molecule has 0 bridgehead atoms. The molecule has 0 heterocycles. The van der Waals surface area contributed by atoms with Gasteiger partial charge >= 0.3 is 0 Å². The lowest BCUT2D eigenvalue weighted by Crippen LogP contribution is -2.17. The number of hydrogen-bond donors (Lipinski definition) is 1. The van der Waals surface area contributed by atoms with Crippen LogP contribution >= 0.6 is 11.8 Å². The summed E-state index contributed by atoms with van der Waals surface area (Å²) >= 11 is 1.94. The van der Waals surface area contributed by atoms with E-state index < -0.39 is 0 Å². The molecule has 1 rings (SSSR count). The van der Waals surface area contributed by atoms with E-state index in [1.54, 1.807) is 0 Å². The Hall–Kier alpha value is -0.470. The monoisotopic (exact) mass is 223 g/mol. The van der Waals surface area contributed by atoms with E-state index in [1.807, 2.05) is 11.8 Å². The van der Waals surface area contributed by atoms with Crippen LogP contribution in [0.3, 0.4) is 0 Å². The second-order valence-corrected chi connectivity index (χ2v) is 4.99. The number of nitrogens with two attached hydrogens (primary N) is 1. The zero-order valence-electron chi connectivity index (χ0n) is 9.49. The molecule has 2 N–H and O–H groups in total. The number of hydrogen-bond acceptors (Lipinski definition) is 2. The first-order valence-electron chi connectivity index (χ1n) is 5.76. The Morgan fingerprint density at radius 3 is 2.60 bits per heavy atom. The van der Waals surface area contributed by atoms with Crippen LogP contribution in [0.5, 0.6) is 0 Å². The van der Waals surface area contributed by atoms with Gasteiger partial charge in [-0.3, -0.25) is 0 Å². The van der Waals surface area contributed by atoms with Gasteiger partial charge in [-0.25, -0.2) is 0 Å². The first-order valence-corrected chi connectivity index (χ1v) is 6.75. The maximum atomic E-state index is 5.86. The quantitative estimate of drug-likeness (QED) is 0.563. The molecule has 1 atom stereocenters. The molecular weight excluding hydrogens is 202 g/mol. The van der Waals surface area contributed by atoms with Gasteiger partial charge < -0.3 is 5.73 Å². The summed E-state index contributed by atoms with van der Waals surface area (Å²) in [4.78, 5) is 1.37. The highest BCUT2D eigenvalue weighted by Gasteiger charge is 1.98. The minimum atomic E-state index is 0.409. The third-order valence-corrected chi connectivity index (χ3v) is 3.60. The van der Waals surface area contributed by atoms with Crippen LogP contribution in [0.4, 0.5) is 0 Å². The van der Waals surface area contributed by atoms with Crippen LogP contribution in [0.1, 0.15) is 32.6 Å². The van der Waals surface area contributed by atoms with Crippen molar-refractivity contribution in [3.63, 3.8) is 0 Å². The largest absolute Gasteiger partial charge is 0.328 e. The van der Waals surface area contributed by atoms with Crippen LogP contribution in [0, 0.1) is 0 Å². The van der Waals surface area contributed by atoms with E-state index in [1.165, 1.54) is 29.9 Å². The van der Waals surface area contributed by atoms with Crippen LogP contribution in [0.25, 0.3) is 0 Å². The molecule has 0 saturated heterocycles. The summed E-state index contributed by atoms with van der Waals surface area (Å²) in [5, 5.41) is 0. The first kappa shape index (κ1) is 12.6. The zero-order valence-corrected chi connectivity index (χ0v) is 10.3.